The molecule has 0 radical (unpaired) electrons. The third-order valence-electron chi connectivity index (χ3n) is 3.88. The van der Waals surface area contributed by atoms with Gasteiger partial charge in [0.25, 0.3) is 0 Å². The van der Waals surface area contributed by atoms with Crippen LogP contribution in [0.4, 0.5) is 5.82 Å². The maximum atomic E-state index is 12.1. The van der Waals surface area contributed by atoms with Gasteiger partial charge in [-0.3, -0.25) is 4.79 Å². The highest BCUT2D eigenvalue weighted by Crippen LogP contribution is 2.43. The third kappa shape index (κ3) is 2.94. The van der Waals surface area contributed by atoms with Gasteiger partial charge in [-0.1, -0.05) is 6.07 Å². The SMILES string of the molecule is O=C1CS[C@H](c2cccs2)c2cnn(-c3ccc(C(=O)O)cc3)c2N1. The minimum atomic E-state index is -0.978. The Morgan fingerprint density at radius 3 is 2.76 bits per heavy atom. The van der Waals surface area contributed by atoms with Crippen molar-refractivity contribution < 1.29 is 14.7 Å². The molecule has 0 unspecified atom stereocenters. The average molecular weight is 371 g/mol. The number of carbonyl (C=O) groups excluding carboxylic acids is 1. The molecule has 1 aliphatic heterocycles. The molecule has 0 spiro atoms. The third-order valence-corrected chi connectivity index (χ3v) is 6.24. The summed E-state index contributed by atoms with van der Waals surface area (Å²) in [5, 5.41) is 18.4. The number of fused-ring (bicyclic) bond motifs is 1. The van der Waals surface area contributed by atoms with Crippen LogP contribution in [0.3, 0.4) is 0 Å². The Balaban J connectivity index is 1.79. The first-order valence-electron chi connectivity index (χ1n) is 7.50. The van der Waals surface area contributed by atoms with Crippen molar-refractivity contribution in [1.82, 2.24) is 9.78 Å². The number of hydrogen-bond acceptors (Lipinski definition) is 5. The monoisotopic (exact) mass is 371 g/mol. The van der Waals surface area contributed by atoms with E-state index in [1.807, 2.05) is 11.4 Å². The van der Waals surface area contributed by atoms with E-state index in [1.54, 1.807) is 46.1 Å². The van der Waals surface area contributed by atoms with Crippen molar-refractivity contribution in [3.63, 3.8) is 0 Å². The van der Waals surface area contributed by atoms with Crippen LogP contribution in [0.25, 0.3) is 5.69 Å². The first kappa shape index (κ1) is 15.9. The molecule has 25 heavy (non-hydrogen) atoms. The fraction of sp³-hybridized carbons (Fsp3) is 0.118. The van der Waals surface area contributed by atoms with Gasteiger partial charge in [0.15, 0.2) is 0 Å². The number of nitrogens with zero attached hydrogens (tertiary/aromatic N) is 2. The summed E-state index contributed by atoms with van der Waals surface area (Å²) >= 11 is 3.23. The normalized spacial score (nSPS) is 16.8. The summed E-state index contributed by atoms with van der Waals surface area (Å²) in [6, 6.07) is 10.5. The van der Waals surface area contributed by atoms with Crippen molar-refractivity contribution in [2.75, 3.05) is 11.1 Å². The van der Waals surface area contributed by atoms with E-state index in [4.69, 9.17) is 5.11 Å². The molecule has 1 aromatic carbocycles. The molecule has 8 heteroatoms. The number of carbonyl (C=O) groups is 2. The van der Waals surface area contributed by atoms with Crippen LogP contribution in [-0.2, 0) is 4.79 Å². The van der Waals surface area contributed by atoms with Gasteiger partial charge in [-0.05, 0) is 35.7 Å². The standard InChI is InChI=1S/C17H13N3O3S2/c21-14-9-25-15(13-2-1-7-24-13)12-8-18-20(16(12)19-14)11-5-3-10(4-6-11)17(22)23/h1-8,15H,9H2,(H,19,21)(H,22,23)/t15-/m0/s1. The molecule has 3 heterocycles. The summed E-state index contributed by atoms with van der Waals surface area (Å²) in [7, 11) is 0. The second-order valence-corrected chi connectivity index (χ2v) is 7.54. The summed E-state index contributed by atoms with van der Waals surface area (Å²) in [4.78, 5) is 24.3. The van der Waals surface area contributed by atoms with Gasteiger partial charge >= 0.3 is 5.97 Å². The predicted molar refractivity (Wildman–Crippen MR) is 97.8 cm³/mol. The second kappa shape index (κ2) is 6.38. The molecular weight excluding hydrogens is 358 g/mol. The van der Waals surface area contributed by atoms with Crippen molar-refractivity contribution in [3.05, 3.63) is 64.0 Å². The van der Waals surface area contributed by atoms with E-state index < -0.39 is 5.97 Å². The first-order chi connectivity index (χ1) is 12.1. The molecule has 1 atom stereocenters. The fourth-order valence-corrected chi connectivity index (χ4v) is 4.79. The molecule has 126 valence electrons. The van der Waals surface area contributed by atoms with Crippen molar-refractivity contribution in [2.45, 2.75) is 5.25 Å². The minimum Gasteiger partial charge on any atom is -0.478 e. The minimum absolute atomic E-state index is 0.0426. The van der Waals surface area contributed by atoms with E-state index in [2.05, 4.69) is 16.5 Å². The van der Waals surface area contributed by atoms with Crippen LogP contribution in [0.2, 0.25) is 0 Å². The summed E-state index contributed by atoms with van der Waals surface area (Å²) in [5.41, 5.74) is 1.85. The van der Waals surface area contributed by atoms with Crippen molar-refractivity contribution in [1.29, 1.82) is 0 Å². The Morgan fingerprint density at radius 2 is 2.08 bits per heavy atom. The molecule has 6 nitrogen and oxygen atoms in total. The number of carboxylic acids is 1. The Kier molecular flexibility index (Phi) is 4.06. The molecule has 0 saturated carbocycles. The zero-order valence-electron chi connectivity index (χ0n) is 12.9. The highest BCUT2D eigenvalue weighted by atomic mass is 32.2. The van der Waals surface area contributed by atoms with Crippen LogP contribution in [0.1, 0.15) is 26.0 Å². The predicted octanol–water partition coefficient (Wildman–Crippen LogP) is 3.41. The Morgan fingerprint density at radius 1 is 1.28 bits per heavy atom. The van der Waals surface area contributed by atoms with Crippen LogP contribution >= 0.6 is 23.1 Å². The average Bonchev–Trinajstić information content (AvgIpc) is 3.24. The summed E-state index contributed by atoms with van der Waals surface area (Å²) in [5.74, 6) is -0.0474. The number of carboxylic acid groups (broad SMARTS) is 1. The maximum Gasteiger partial charge on any atom is 0.335 e. The molecule has 3 aromatic rings. The summed E-state index contributed by atoms with van der Waals surface area (Å²) in [6.45, 7) is 0. The smallest absolute Gasteiger partial charge is 0.335 e. The van der Waals surface area contributed by atoms with Gasteiger partial charge in [0, 0.05) is 10.4 Å². The van der Waals surface area contributed by atoms with E-state index in [1.165, 1.54) is 17.0 Å². The molecule has 2 aromatic heterocycles. The number of amides is 1. The lowest BCUT2D eigenvalue weighted by Gasteiger charge is -2.12. The molecule has 2 N–H and O–H groups in total. The lowest BCUT2D eigenvalue weighted by atomic mass is 10.2. The van der Waals surface area contributed by atoms with Gasteiger partial charge in [-0.15, -0.1) is 23.1 Å². The number of anilines is 1. The number of thiophene rings is 1. The van der Waals surface area contributed by atoms with Gasteiger partial charge < -0.3 is 10.4 Å². The molecule has 0 fully saturated rings. The van der Waals surface area contributed by atoms with Gasteiger partial charge in [0.05, 0.1) is 28.5 Å². The zero-order chi connectivity index (χ0) is 17.4. The Hall–Kier alpha value is -2.58. The molecule has 4 rings (SSSR count). The summed E-state index contributed by atoms with van der Waals surface area (Å²) in [6.07, 6.45) is 1.77. The lowest BCUT2D eigenvalue weighted by molar-refractivity contribution is -0.113. The van der Waals surface area contributed by atoms with E-state index in [0.717, 1.165) is 5.56 Å². The first-order valence-corrected chi connectivity index (χ1v) is 9.43. The van der Waals surface area contributed by atoms with Crippen molar-refractivity contribution in [3.8, 4) is 5.69 Å². The number of benzene rings is 1. The fourth-order valence-electron chi connectivity index (χ4n) is 2.71. The van der Waals surface area contributed by atoms with Crippen LogP contribution in [0, 0.1) is 0 Å². The van der Waals surface area contributed by atoms with Gasteiger partial charge in [0.1, 0.15) is 5.82 Å². The number of aromatic carboxylic acids is 1. The highest BCUT2D eigenvalue weighted by molar-refractivity contribution is 8.00. The van der Waals surface area contributed by atoms with E-state index in [0.29, 0.717) is 17.3 Å². The second-order valence-electron chi connectivity index (χ2n) is 5.47. The van der Waals surface area contributed by atoms with Gasteiger partial charge in [-0.25, -0.2) is 9.48 Å². The van der Waals surface area contributed by atoms with Gasteiger partial charge in [0.2, 0.25) is 5.91 Å². The maximum absolute atomic E-state index is 12.1. The molecule has 0 aliphatic carbocycles. The number of nitrogens with one attached hydrogen (secondary N) is 1. The molecule has 1 aliphatic rings. The van der Waals surface area contributed by atoms with E-state index in [9.17, 15) is 9.59 Å². The highest BCUT2D eigenvalue weighted by Gasteiger charge is 2.28. The Bertz CT molecular complexity index is 933. The largest absolute Gasteiger partial charge is 0.478 e. The number of hydrogen-bond donors (Lipinski definition) is 2. The van der Waals surface area contributed by atoms with Crippen molar-refractivity contribution >= 4 is 40.8 Å². The quantitative estimate of drug-likeness (QED) is 0.737. The number of aromatic nitrogens is 2. The molecule has 1 amide bonds. The van der Waals surface area contributed by atoms with Gasteiger partial charge in [-0.2, -0.15) is 5.10 Å². The topological polar surface area (TPSA) is 84.2 Å². The van der Waals surface area contributed by atoms with Crippen LogP contribution in [-0.4, -0.2) is 32.5 Å². The molecule has 0 bridgehead atoms. The van der Waals surface area contributed by atoms with E-state index >= 15 is 0 Å². The lowest BCUT2D eigenvalue weighted by Crippen LogP contribution is -2.15. The molecular formula is C17H13N3O3S2. The Labute approximate surface area is 151 Å². The van der Waals surface area contributed by atoms with Crippen LogP contribution in [0.5, 0.6) is 0 Å². The van der Waals surface area contributed by atoms with Crippen LogP contribution in [0.15, 0.2) is 48.0 Å². The molecule has 0 saturated heterocycles. The number of rotatable bonds is 3. The zero-order valence-corrected chi connectivity index (χ0v) is 14.5. The van der Waals surface area contributed by atoms with Crippen LogP contribution < -0.4 is 5.32 Å². The van der Waals surface area contributed by atoms with Crippen molar-refractivity contribution in [2.24, 2.45) is 0 Å². The number of thioether (sulfide) groups is 1. The summed E-state index contributed by atoms with van der Waals surface area (Å²) < 4.78 is 1.64. The van der Waals surface area contributed by atoms with E-state index in [-0.39, 0.29) is 16.7 Å².